The Hall–Kier alpha value is -1.17. The molecule has 1 aromatic carbocycles. The molecule has 0 aromatic heterocycles. The van der Waals surface area contributed by atoms with Crippen LogP contribution in [-0.4, -0.2) is 111 Å². The predicted molar refractivity (Wildman–Crippen MR) is 153 cm³/mol. The fourth-order valence-corrected chi connectivity index (χ4v) is 7.12. The van der Waals surface area contributed by atoms with Crippen LogP contribution in [0.1, 0.15) is 18.4 Å². The summed E-state index contributed by atoms with van der Waals surface area (Å²) < 4.78 is 42.5. The van der Waals surface area contributed by atoms with Crippen LogP contribution < -0.4 is 5.32 Å². The Morgan fingerprint density at radius 3 is 1.95 bits per heavy atom. The van der Waals surface area contributed by atoms with Crippen molar-refractivity contribution in [3.05, 3.63) is 48.7 Å². The molecule has 0 saturated carbocycles. The molecule has 1 atom stereocenters. The highest BCUT2D eigenvalue weighted by Crippen LogP contribution is 2.16. The lowest BCUT2D eigenvalue weighted by Gasteiger charge is -2.24. The molecule has 1 saturated heterocycles. The van der Waals surface area contributed by atoms with E-state index in [1.54, 1.807) is 42.7 Å². The van der Waals surface area contributed by atoms with Crippen LogP contribution in [0.4, 0.5) is 0 Å². The molecule has 1 aromatic rings. The van der Waals surface area contributed by atoms with Crippen LogP contribution in [0.5, 0.6) is 0 Å². The molecule has 0 amide bonds. The molecule has 1 aliphatic heterocycles. The molecule has 0 bridgehead atoms. The number of hydrogen-bond acceptors (Lipinski definition) is 10. The topological polar surface area (TPSA) is 92.4 Å². The van der Waals surface area contributed by atoms with Gasteiger partial charge in [0.15, 0.2) is 0 Å². The van der Waals surface area contributed by atoms with Gasteiger partial charge in [-0.2, -0.15) is 0 Å². The first-order valence-electron chi connectivity index (χ1n) is 13.1. The van der Waals surface area contributed by atoms with Gasteiger partial charge in [0, 0.05) is 81.0 Å². The van der Waals surface area contributed by atoms with Gasteiger partial charge in [0.1, 0.15) is 6.10 Å². The van der Waals surface area contributed by atoms with Crippen LogP contribution in [0.15, 0.2) is 43.1 Å². The van der Waals surface area contributed by atoms with Crippen molar-refractivity contribution in [3.8, 4) is 0 Å². The number of hydrogen-bond donors (Lipinski definition) is 1. The third-order valence-electron chi connectivity index (χ3n) is 6.24. The summed E-state index contributed by atoms with van der Waals surface area (Å²) in [5.41, 5.74) is 1.29. The van der Waals surface area contributed by atoms with E-state index in [4.69, 9.17) is 36.0 Å². The lowest BCUT2D eigenvalue weighted by atomic mass is 10.2. The summed E-state index contributed by atoms with van der Waals surface area (Å²) in [4.78, 5) is 2.21. The summed E-state index contributed by atoms with van der Waals surface area (Å²) in [6.07, 6.45) is 4.08. The minimum Gasteiger partial charge on any atom is -0.379 e. The lowest BCUT2D eigenvalue weighted by Crippen LogP contribution is -2.43. The maximum Gasteiger partial charge on any atom is 0.500 e. The zero-order valence-corrected chi connectivity index (χ0v) is 26.2. The Labute approximate surface area is 232 Å². The number of ether oxygens (including phenoxy) is 2. The average molecular weight is 575 g/mol. The van der Waals surface area contributed by atoms with Gasteiger partial charge in [-0.1, -0.05) is 36.9 Å². The normalized spacial score (nSPS) is 15.1. The van der Waals surface area contributed by atoms with E-state index in [9.17, 15) is 0 Å². The third-order valence-corrected chi connectivity index (χ3v) is 11.9. The van der Waals surface area contributed by atoms with Gasteiger partial charge in [0.05, 0.1) is 13.2 Å². The molecule has 1 unspecified atom stereocenters. The van der Waals surface area contributed by atoms with Crippen molar-refractivity contribution in [3.63, 3.8) is 0 Å². The van der Waals surface area contributed by atoms with E-state index < -0.39 is 17.6 Å². The Morgan fingerprint density at radius 2 is 1.45 bits per heavy atom. The number of nitrogens with zero attached hydrogens (tertiary/aromatic N) is 1. The smallest absolute Gasteiger partial charge is 0.379 e. The fourth-order valence-electron chi connectivity index (χ4n) is 3.71. The van der Waals surface area contributed by atoms with Crippen molar-refractivity contribution in [1.82, 2.24) is 10.2 Å². The third kappa shape index (κ3) is 14.3. The Bertz CT molecular complexity index is 691. The van der Waals surface area contributed by atoms with Gasteiger partial charge < -0.3 is 46.2 Å². The highest BCUT2D eigenvalue weighted by Gasteiger charge is 2.37. The summed E-state index contributed by atoms with van der Waals surface area (Å²) in [6.45, 7) is 9.78. The SMILES string of the molecule is C=CN(CCNCCC[Si](OC)(OC)OC)Cc1ccccc1.CO[Si](CCCOCC1CO1)(OC)OC. The summed E-state index contributed by atoms with van der Waals surface area (Å²) in [7, 11) is 5.01. The molecule has 0 radical (unpaired) electrons. The Morgan fingerprint density at radius 1 is 0.895 bits per heavy atom. The summed E-state index contributed by atoms with van der Waals surface area (Å²) >= 11 is 0. The van der Waals surface area contributed by atoms with Crippen LogP contribution >= 0.6 is 0 Å². The average Bonchev–Trinajstić information content (AvgIpc) is 3.80. The maximum atomic E-state index is 5.42. The Balaban J connectivity index is 0.000000415. The highest BCUT2D eigenvalue weighted by atomic mass is 28.4. The number of nitrogens with one attached hydrogen (secondary N) is 1. The van der Waals surface area contributed by atoms with Crippen molar-refractivity contribution in [2.24, 2.45) is 0 Å². The monoisotopic (exact) mass is 574 g/mol. The lowest BCUT2D eigenvalue weighted by molar-refractivity contribution is 0.100. The van der Waals surface area contributed by atoms with Gasteiger partial charge in [0.2, 0.25) is 0 Å². The van der Waals surface area contributed by atoms with Crippen LogP contribution in [0.3, 0.4) is 0 Å². The molecule has 1 aliphatic rings. The molecule has 0 spiro atoms. The predicted octanol–water partition coefficient (Wildman–Crippen LogP) is 3.16. The van der Waals surface area contributed by atoms with Gasteiger partial charge in [0.25, 0.3) is 0 Å². The summed E-state index contributed by atoms with van der Waals surface area (Å²) in [6, 6.07) is 12.0. The van der Waals surface area contributed by atoms with Crippen molar-refractivity contribution >= 4 is 17.6 Å². The summed E-state index contributed by atoms with van der Waals surface area (Å²) in [5, 5.41) is 3.45. The van der Waals surface area contributed by atoms with Crippen LogP contribution in [0.2, 0.25) is 12.1 Å². The molecule has 220 valence electrons. The van der Waals surface area contributed by atoms with Gasteiger partial charge in [-0.05, 0) is 31.1 Å². The molecule has 10 nitrogen and oxygen atoms in total. The molecule has 2 rings (SSSR count). The van der Waals surface area contributed by atoms with Crippen LogP contribution in [0.25, 0.3) is 0 Å². The molecule has 1 N–H and O–H groups in total. The second-order valence-corrected chi connectivity index (χ2v) is 14.9. The standard InChI is InChI=1S/C17H30N2O3Si.C9H20O5Si/c1-5-19(16-17-10-7-6-8-11-17)14-13-18-12-9-15-23(20-2,21-3)22-4;1-10-15(11-2,12-3)6-4-5-13-7-9-8-14-9/h5-8,10-11,18H,1,9,12-16H2,2-4H3;9H,4-8H2,1-3H3. The van der Waals surface area contributed by atoms with E-state index in [1.807, 2.05) is 12.3 Å². The minimum absolute atomic E-state index is 0.333. The first-order valence-corrected chi connectivity index (χ1v) is 16.9. The van der Waals surface area contributed by atoms with E-state index in [0.717, 1.165) is 57.7 Å². The van der Waals surface area contributed by atoms with Gasteiger partial charge in [-0.15, -0.1) is 0 Å². The largest absolute Gasteiger partial charge is 0.500 e. The van der Waals surface area contributed by atoms with E-state index in [1.165, 1.54) is 5.56 Å². The molecule has 1 heterocycles. The van der Waals surface area contributed by atoms with E-state index in [-0.39, 0.29) is 0 Å². The van der Waals surface area contributed by atoms with Gasteiger partial charge in [-0.3, -0.25) is 0 Å². The zero-order valence-electron chi connectivity index (χ0n) is 24.2. The first kappa shape index (κ1) is 34.9. The molecule has 0 aliphatic carbocycles. The molecular formula is C26H50N2O8Si2. The van der Waals surface area contributed by atoms with E-state index in [2.05, 4.69) is 41.1 Å². The quantitative estimate of drug-likeness (QED) is 0.126. The van der Waals surface area contributed by atoms with Crippen molar-refractivity contribution < 1.29 is 36.0 Å². The number of epoxide rings is 1. The van der Waals surface area contributed by atoms with Crippen molar-refractivity contribution in [2.75, 3.05) is 82.1 Å². The molecule has 12 heteroatoms. The number of rotatable bonds is 22. The first-order chi connectivity index (χ1) is 18.5. The Kier molecular flexibility index (Phi) is 19.0. The van der Waals surface area contributed by atoms with Crippen molar-refractivity contribution in [1.29, 1.82) is 0 Å². The molecule has 38 heavy (non-hydrogen) atoms. The zero-order chi connectivity index (χ0) is 28.1. The highest BCUT2D eigenvalue weighted by molar-refractivity contribution is 6.60. The maximum absolute atomic E-state index is 5.42. The molecular weight excluding hydrogens is 524 g/mol. The second-order valence-electron chi connectivity index (χ2n) is 8.72. The van der Waals surface area contributed by atoms with Crippen molar-refractivity contribution in [2.45, 2.75) is 37.6 Å². The molecule has 1 fully saturated rings. The summed E-state index contributed by atoms with van der Waals surface area (Å²) in [5.74, 6) is 0. The van der Waals surface area contributed by atoms with E-state index >= 15 is 0 Å². The fraction of sp³-hybridized carbons (Fsp3) is 0.692. The van der Waals surface area contributed by atoms with Crippen LogP contribution in [0, 0.1) is 0 Å². The van der Waals surface area contributed by atoms with Gasteiger partial charge >= 0.3 is 17.6 Å². The van der Waals surface area contributed by atoms with E-state index in [0.29, 0.717) is 19.3 Å². The van der Waals surface area contributed by atoms with Crippen LogP contribution in [-0.2, 0) is 42.6 Å². The number of benzene rings is 1. The second kappa shape index (κ2) is 20.7. The minimum atomic E-state index is -2.42. The van der Waals surface area contributed by atoms with Gasteiger partial charge in [-0.25, -0.2) is 0 Å².